The van der Waals surface area contributed by atoms with Gasteiger partial charge in [-0.15, -0.1) is 0 Å². The summed E-state index contributed by atoms with van der Waals surface area (Å²) in [5.41, 5.74) is 0.992. The summed E-state index contributed by atoms with van der Waals surface area (Å²) >= 11 is 0. The Morgan fingerprint density at radius 2 is 1.91 bits per heavy atom. The molecule has 292 valence electrons. The summed E-state index contributed by atoms with van der Waals surface area (Å²) in [5.74, 6) is 0.959. The number of anilines is 1. The Labute approximate surface area is 319 Å². The Morgan fingerprint density at radius 3 is 2.71 bits per heavy atom. The van der Waals surface area contributed by atoms with Gasteiger partial charge in [0.15, 0.2) is 12.6 Å². The van der Waals surface area contributed by atoms with Gasteiger partial charge in [0.2, 0.25) is 0 Å². The highest BCUT2D eigenvalue weighted by atomic mass is 19.1. The highest BCUT2D eigenvalue weighted by Gasteiger charge is 2.52. The molecule has 0 radical (unpaired) electrons. The van der Waals surface area contributed by atoms with Gasteiger partial charge in [-0.05, 0) is 99.5 Å². The number of nitrogens with zero attached hydrogens (tertiary/aromatic N) is 5. The van der Waals surface area contributed by atoms with Crippen molar-refractivity contribution >= 4 is 33.6 Å². The summed E-state index contributed by atoms with van der Waals surface area (Å²) in [4.78, 5) is 29.7. The highest BCUT2D eigenvalue weighted by Crippen LogP contribution is 2.48. The largest absolute Gasteiger partial charge is 0.490 e. The van der Waals surface area contributed by atoms with Crippen LogP contribution in [0.15, 0.2) is 36.4 Å². The number of carbonyl (C=O) groups excluding carboxylic acids is 1. The molecule has 5 aliphatic heterocycles. The van der Waals surface area contributed by atoms with Gasteiger partial charge in [0.05, 0.1) is 29.1 Å². The van der Waals surface area contributed by atoms with Crippen LogP contribution in [0.3, 0.4) is 0 Å². The van der Waals surface area contributed by atoms with Crippen molar-refractivity contribution < 1.29 is 37.3 Å². The standard InChI is InChI=1S/C42H49F2N5O6/c1-6-24-9-7-10-25-15-28(54-23-51-5)16-29(34(24)25)30-17-33-35-37(36(30)44)45-39(53-22-42-13-8-14-47(42)19-26(43)18-42)46-38(35)48-20-27-11-12-31(32(48)21-52-33)49(27)40(50)55-41(2,3)4/h7,9-10,15-17,26-27,31-32H,6,8,11-14,18-23H2,1-5H3/t26-,27-,31+,32-,42-/m1/s1. The number of carbonyl (C=O) groups is 1. The van der Waals surface area contributed by atoms with Crippen LogP contribution in [0.2, 0.25) is 0 Å². The molecule has 55 heavy (non-hydrogen) atoms. The third kappa shape index (κ3) is 6.18. The van der Waals surface area contributed by atoms with Crippen LogP contribution in [0.4, 0.5) is 19.4 Å². The molecule has 1 aromatic heterocycles. The number of fused-ring (bicyclic) bond motifs is 7. The van der Waals surface area contributed by atoms with Crippen LogP contribution in [0, 0.1) is 5.82 Å². The third-order valence-corrected chi connectivity index (χ3v) is 12.2. The molecule has 9 rings (SSSR count). The smallest absolute Gasteiger partial charge is 0.410 e. The number of alkyl halides is 1. The van der Waals surface area contributed by atoms with Gasteiger partial charge in [-0.2, -0.15) is 9.97 Å². The molecular weight excluding hydrogens is 708 g/mol. The Balaban J connectivity index is 1.20. The molecule has 4 fully saturated rings. The summed E-state index contributed by atoms with van der Waals surface area (Å²) in [6.07, 6.45) is 3.20. The van der Waals surface area contributed by atoms with Crippen molar-refractivity contribution in [3.8, 4) is 28.6 Å². The zero-order chi connectivity index (χ0) is 38.2. The molecule has 5 atom stereocenters. The number of ether oxygens (including phenoxy) is 5. The fourth-order valence-corrected chi connectivity index (χ4v) is 9.89. The second-order valence-corrected chi connectivity index (χ2v) is 16.8. The molecule has 0 aliphatic carbocycles. The van der Waals surface area contributed by atoms with Crippen LogP contribution >= 0.6 is 0 Å². The van der Waals surface area contributed by atoms with E-state index in [1.54, 1.807) is 13.2 Å². The molecule has 0 unspecified atom stereocenters. The SMILES string of the molecule is CCc1cccc2cc(OCOC)cc(-c3cc4c5c(nc(OC[C@]67CCCN6C[C@H](F)C7)nc5c3F)N3C[C@H]5CC[C@@H]([C@H]3CO4)N5C(=O)OC(C)(C)C)c12. The van der Waals surface area contributed by atoms with Crippen LogP contribution in [-0.2, 0) is 15.9 Å². The number of halogens is 2. The lowest BCUT2D eigenvalue weighted by molar-refractivity contribution is 0.00544. The maximum Gasteiger partial charge on any atom is 0.410 e. The lowest BCUT2D eigenvalue weighted by Crippen LogP contribution is -2.63. The Bertz CT molecular complexity index is 2160. The van der Waals surface area contributed by atoms with Gasteiger partial charge in [0.1, 0.15) is 47.8 Å². The topological polar surface area (TPSA) is 98.7 Å². The number of aryl methyl sites for hydroxylation is 1. The summed E-state index contributed by atoms with van der Waals surface area (Å²) in [7, 11) is 1.56. The maximum atomic E-state index is 17.6. The van der Waals surface area contributed by atoms with Crippen LogP contribution < -0.4 is 19.1 Å². The first-order valence-electron chi connectivity index (χ1n) is 19.6. The summed E-state index contributed by atoms with van der Waals surface area (Å²) in [6, 6.07) is 11.0. The Hall–Kier alpha value is -4.49. The molecule has 4 aromatic rings. The van der Waals surface area contributed by atoms with Crippen molar-refractivity contribution in [3.63, 3.8) is 0 Å². The molecule has 2 bridgehead atoms. The molecule has 4 saturated heterocycles. The van der Waals surface area contributed by atoms with E-state index in [0.717, 1.165) is 55.0 Å². The first kappa shape index (κ1) is 36.2. The van der Waals surface area contributed by atoms with Gasteiger partial charge < -0.3 is 28.6 Å². The van der Waals surface area contributed by atoms with Crippen molar-refractivity contribution in [2.75, 3.05) is 51.7 Å². The van der Waals surface area contributed by atoms with Gasteiger partial charge in [-0.3, -0.25) is 9.80 Å². The number of amides is 1. The number of hydrogen-bond acceptors (Lipinski definition) is 10. The second-order valence-electron chi connectivity index (χ2n) is 16.8. The van der Waals surface area contributed by atoms with E-state index < -0.39 is 23.1 Å². The maximum absolute atomic E-state index is 17.6. The zero-order valence-electron chi connectivity index (χ0n) is 32.2. The first-order valence-corrected chi connectivity index (χ1v) is 19.6. The first-order chi connectivity index (χ1) is 26.5. The lowest BCUT2D eigenvalue weighted by Gasteiger charge is -2.46. The van der Waals surface area contributed by atoms with Crippen LogP contribution in [0.5, 0.6) is 17.5 Å². The fourth-order valence-electron chi connectivity index (χ4n) is 9.89. The van der Waals surface area contributed by atoms with Crippen LogP contribution in [0.25, 0.3) is 32.8 Å². The van der Waals surface area contributed by atoms with E-state index in [0.29, 0.717) is 53.3 Å². The lowest BCUT2D eigenvalue weighted by atomic mass is 9.92. The van der Waals surface area contributed by atoms with Gasteiger partial charge >= 0.3 is 12.1 Å². The van der Waals surface area contributed by atoms with E-state index in [1.165, 1.54) is 0 Å². The average Bonchev–Trinajstić information content (AvgIpc) is 3.76. The minimum Gasteiger partial charge on any atom is -0.490 e. The average molecular weight is 758 g/mol. The van der Waals surface area contributed by atoms with Crippen LogP contribution in [-0.4, -0.2) is 108 Å². The van der Waals surface area contributed by atoms with E-state index >= 15 is 4.39 Å². The monoisotopic (exact) mass is 757 g/mol. The van der Waals surface area contributed by atoms with Gasteiger partial charge in [-0.25, -0.2) is 13.6 Å². The molecule has 6 heterocycles. The fraction of sp³-hybridized carbons (Fsp3) is 0.548. The molecule has 3 aromatic carbocycles. The van der Waals surface area contributed by atoms with E-state index in [-0.39, 0.29) is 55.8 Å². The molecule has 0 N–H and O–H groups in total. The van der Waals surface area contributed by atoms with Crippen molar-refractivity contribution in [1.82, 2.24) is 19.8 Å². The predicted molar refractivity (Wildman–Crippen MR) is 204 cm³/mol. The van der Waals surface area contributed by atoms with Crippen molar-refractivity contribution in [1.29, 1.82) is 0 Å². The number of methoxy groups -OCH3 is 1. The number of hydrogen-bond donors (Lipinski definition) is 0. The molecule has 5 aliphatic rings. The molecule has 13 heteroatoms. The molecular formula is C42H49F2N5O6. The van der Waals surface area contributed by atoms with E-state index in [4.69, 9.17) is 33.7 Å². The van der Waals surface area contributed by atoms with E-state index in [1.807, 2.05) is 49.9 Å². The number of piperazine rings is 1. The van der Waals surface area contributed by atoms with E-state index in [9.17, 15) is 9.18 Å². The van der Waals surface area contributed by atoms with Crippen LogP contribution in [0.1, 0.15) is 65.4 Å². The highest BCUT2D eigenvalue weighted by molar-refractivity contribution is 6.05. The van der Waals surface area contributed by atoms with Crippen molar-refractivity contribution in [2.24, 2.45) is 0 Å². The molecule has 11 nitrogen and oxygen atoms in total. The molecule has 1 amide bonds. The third-order valence-electron chi connectivity index (χ3n) is 12.2. The van der Waals surface area contributed by atoms with Gasteiger partial charge in [0.25, 0.3) is 0 Å². The molecule has 0 spiro atoms. The normalized spacial score (nSPS) is 25.9. The minimum atomic E-state index is -0.922. The molecule has 0 saturated carbocycles. The van der Waals surface area contributed by atoms with Gasteiger partial charge in [-0.1, -0.05) is 25.1 Å². The quantitative estimate of drug-likeness (QED) is 0.169. The number of aromatic nitrogens is 2. The Kier molecular flexibility index (Phi) is 8.95. The second kappa shape index (κ2) is 13.6. The predicted octanol–water partition coefficient (Wildman–Crippen LogP) is 7.44. The summed E-state index contributed by atoms with van der Waals surface area (Å²) in [6.45, 7) is 9.83. The van der Waals surface area contributed by atoms with Crippen molar-refractivity contribution in [2.45, 2.75) is 102 Å². The summed E-state index contributed by atoms with van der Waals surface area (Å²) in [5, 5.41) is 2.27. The van der Waals surface area contributed by atoms with Gasteiger partial charge in [0, 0.05) is 32.2 Å². The van der Waals surface area contributed by atoms with E-state index in [2.05, 4.69) is 22.8 Å². The van der Waals surface area contributed by atoms with Crippen molar-refractivity contribution in [3.05, 3.63) is 47.8 Å². The number of benzene rings is 3. The minimum absolute atomic E-state index is 0.0338. The zero-order valence-corrected chi connectivity index (χ0v) is 32.2. The number of rotatable bonds is 8. The Morgan fingerprint density at radius 1 is 1.05 bits per heavy atom. The summed E-state index contributed by atoms with van der Waals surface area (Å²) < 4.78 is 62.6.